The first-order valence-corrected chi connectivity index (χ1v) is 12.1. The van der Waals surface area contributed by atoms with Gasteiger partial charge in [-0.05, 0) is 46.5 Å². The molecule has 36 heavy (non-hydrogen) atoms. The van der Waals surface area contributed by atoms with Crippen molar-refractivity contribution in [3.63, 3.8) is 0 Å². The summed E-state index contributed by atoms with van der Waals surface area (Å²) in [7, 11) is 0. The molecule has 0 atom stereocenters. The van der Waals surface area contributed by atoms with E-state index in [0.717, 1.165) is 44.4 Å². The topological polar surface area (TPSA) is 61.4 Å². The maximum absolute atomic E-state index is 11.3. The van der Waals surface area contributed by atoms with Gasteiger partial charge in [-0.2, -0.15) is 0 Å². The van der Waals surface area contributed by atoms with Crippen molar-refractivity contribution < 1.29 is 19.1 Å². The molecule has 182 valence electrons. The van der Waals surface area contributed by atoms with Gasteiger partial charge in [0.05, 0.1) is 13.2 Å². The molecule has 4 aromatic heterocycles. The van der Waals surface area contributed by atoms with Crippen LogP contribution >= 0.6 is 0 Å². The van der Waals surface area contributed by atoms with Gasteiger partial charge in [-0.3, -0.25) is 9.59 Å². The van der Waals surface area contributed by atoms with Gasteiger partial charge in [0.25, 0.3) is 0 Å². The molecule has 0 aliphatic heterocycles. The third-order valence-electron chi connectivity index (χ3n) is 6.41. The van der Waals surface area contributed by atoms with Gasteiger partial charge >= 0.3 is 11.9 Å². The van der Waals surface area contributed by atoms with Gasteiger partial charge in [0.2, 0.25) is 0 Å². The third kappa shape index (κ3) is 4.75. The molecule has 0 saturated carbocycles. The number of rotatable bonds is 8. The van der Waals surface area contributed by atoms with Gasteiger partial charge in [-0.1, -0.05) is 36.4 Å². The summed E-state index contributed by atoms with van der Waals surface area (Å²) in [6.07, 6.45) is 9.61. The number of pyridine rings is 2. The lowest BCUT2D eigenvalue weighted by Crippen LogP contribution is -2.04. The number of carbonyl (C=O) groups excluding carboxylic acids is 2. The van der Waals surface area contributed by atoms with Gasteiger partial charge in [0, 0.05) is 73.6 Å². The van der Waals surface area contributed by atoms with Gasteiger partial charge in [-0.15, -0.1) is 0 Å². The molecule has 0 amide bonds. The van der Waals surface area contributed by atoms with Gasteiger partial charge in [0.15, 0.2) is 0 Å². The molecule has 1 aromatic carbocycles. The van der Waals surface area contributed by atoms with E-state index in [1.165, 1.54) is 13.8 Å². The first-order chi connectivity index (χ1) is 17.5. The SMILES string of the molecule is CC(=O)OCCc1c(-c2ccc(-c3cn4ccccc4c3CCOC(C)=O)cc2)cn2ccccc12. The summed E-state index contributed by atoms with van der Waals surface area (Å²) in [5.41, 5.74) is 8.97. The van der Waals surface area contributed by atoms with Crippen LogP contribution < -0.4 is 0 Å². The summed E-state index contributed by atoms with van der Waals surface area (Å²) in [6, 6.07) is 20.8. The molecule has 0 spiro atoms. The molecule has 0 N–H and O–H groups in total. The summed E-state index contributed by atoms with van der Waals surface area (Å²) in [5, 5.41) is 0. The fraction of sp³-hybridized carbons (Fsp3) is 0.200. The van der Waals surface area contributed by atoms with E-state index in [1.807, 2.05) is 36.7 Å². The Morgan fingerprint density at radius 2 is 1.06 bits per heavy atom. The van der Waals surface area contributed by atoms with Gasteiger partial charge in [-0.25, -0.2) is 0 Å². The second-order valence-electron chi connectivity index (χ2n) is 8.79. The highest BCUT2D eigenvalue weighted by atomic mass is 16.5. The molecule has 6 heteroatoms. The van der Waals surface area contributed by atoms with E-state index in [4.69, 9.17) is 9.47 Å². The van der Waals surface area contributed by atoms with Crippen molar-refractivity contribution in [2.45, 2.75) is 26.7 Å². The van der Waals surface area contributed by atoms with Crippen molar-refractivity contribution >= 4 is 23.0 Å². The zero-order valence-electron chi connectivity index (χ0n) is 20.4. The molecule has 0 aliphatic carbocycles. The number of fused-ring (bicyclic) bond motifs is 2. The minimum absolute atomic E-state index is 0.270. The zero-order chi connectivity index (χ0) is 25.1. The lowest BCUT2D eigenvalue weighted by Gasteiger charge is -2.09. The fourth-order valence-corrected chi connectivity index (χ4v) is 4.80. The maximum atomic E-state index is 11.3. The number of hydrogen-bond acceptors (Lipinski definition) is 4. The van der Waals surface area contributed by atoms with Crippen molar-refractivity contribution in [2.75, 3.05) is 13.2 Å². The van der Waals surface area contributed by atoms with E-state index < -0.39 is 0 Å². The Morgan fingerprint density at radius 3 is 1.44 bits per heavy atom. The van der Waals surface area contributed by atoms with E-state index in [9.17, 15) is 9.59 Å². The largest absolute Gasteiger partial charge is 0.466 e. The fourth-order valence-electron chi connectivity index (χ4n) is 4.80. The average Bonchev–Trinajstić information content (AvgIpc) is 3.43. The predicted octanol–water partition coefficient (Wildman–Crippen LogP) is 5.74. The quantitative estimate of drug-likeness (QED) is 0.266. The first-order valence-electron chi connectivity index (χ1n) is 12.1. The van der Waals surface area contributed by atoms with Crippen LogP contribution in [0.1, 0.15) is 25.0 Å². The van der Waals surface area contributed by atoms with Crippen LogP contribution in [0.3, 0.4) is 0 Å². The molecule has 0 unspecified atom stereocenters. The minimum Gasteiger partial charge on any atom is -0.466 e. The second-order valence-corrected chi connectivity index (χ2v) is 8.79. The zero-order valence-corrected chi connectivity index (χ0v) is 20.4. The Hall–Kier alpha value is -4.32. The maximum Gasteiger partial charge on any atom is 0.302 e. The first kappa shape index (κ1) is 23.4. The number of carbonyl (C=O) groups is 2. The minimum atomic E-state index is -0.270. The Labute approximate surface area is 209 Å². The van der Waals surface area contributed by atoms with Gasteiger partial charge in [0.1, 0.15) is 0 Å². The van der Waals surface area contributed by atoms with Crippen molar-refractivity contribution in [2.24, 2.45) is 0 Å². The van der Waals surface area contributed by atoms with E-state index in [-0.39, 0.29) is 11.9 Å². The molecule has 0 radical (unpaired) electrons. The molecule has 6 nitrogen and oxygen atoms in total. The predicted molar refractivity (Wildman–Crippen MR) is 140 cm³/mol. The molecule has 4 heterocycles. The Morgan fingerprint density at radius 1 is 0.639 bits per heavy atom. The van der Waals surface area contributed by atoms with Crippen LogP contribution in [-0.4, -0.2) is 34.0 Å². The number of hydrogen-bond donors (Lipinski definition) is 0. The van der Waals surface area contributed by atoms with Crippen molar-refractivity contribution in [1.82, 2.24) is 8.80 Å². The lowest BCUT2D eigenvalue weighted by atomic mass is 9.97. The van der Waals surface area contributed by atoms with E-state index in [0.29, 0.717) is 26.1 Å². The normalized spacial score (nSPS) is 11.2. The average molecular weight is 481 g/mol. The molecule has 0 aliphatic rings. The molecule has 5 rings (SSSR count). The van der Waals surface area contributed by atoms with Gasteiger partial charge < -0.3 is 18.3 Å². The van der Waals surface area contributed by atoms with Crippen molar-refractivity contribution in [3.05, 3.63) is 96.6 Å². The van der Waals surface area contributed by atoms with Crippen LogP contribution in [0.15, 0.2) is 85.5 Å². The number of aromatic nitrogens is 2. The number of benzene rings is 1. The molecule has 5 aromatic rings. The second kappa shape index (κ2) is 10.1. The highest BCUT2D eigenvalue weighted by Gasteiger charge is 2.15. The van der Waals surface area contributed by atoms with Crippen LogP contribution in [0.4, 0.5) is 0 Å². The summed E-state index contributed by atoms with van der Waals surface area (Å²) in [6.45, 7) is 3.56. The van der Waals surface area contributed by atoms with Crippen LogP contribution in [0.25, 0.3) is 33.3 Å². The van der Waals surface area contributed by atoms with Crippen LogP contribution in [0.5, 0.6) is 0 Å². The van der Waals surface area contributed by atoms with E-state index >= 15 is 0 Å². The Bertz CT molecular complexity index is 1430. The Kier molecular flexibility index (Phi) is 6.58. The molecular formula is C30H28N2O4. The van der Waals surface area contributed by atoms with Crippen molar-refractivity contribution in [1.29, 1.82) is 0 Å². The van der Waals surface area contributed by atoms with Crippen LogP contribution in [-0.2, 0) is 31.9 Å². The van der Waals surface area contributed by atoms with Crippen LogP contribution in [0, 0.1) is 0 Å². The third-order valence-corrected chi connectivity index (χ3v) is 6.41. The number of nitrogens with zero attached hydrogens (tertiary/aromatic N) is 2. The molecular weight excluding hydrogens is 452 g/mol. The molecule has 0 bridgehead atoms. The standard InChI is InChI=1S/C30H28N2O4/c1-21(33)35-17-13-25-27(19-31-15-5-3-7-29(25)31)23-9-11-24(12-10-23)28-20-32-16-6-4-8-30(32)26(28)14-18-36-22(2)34/h3-12,15-16,19-20H,13-14,17-18H2,1-2H3. The van der Waals surface area contributed by atoms with E-state index in [2.05, 4.69) is 57.6 Å². The number of esters is 2. The Balaban J connectivity index is 1.50. The summed E-state index contributed by atoms with van der Waals surface area (Å²) in [4.78, 5) is 22.6. The smallest absolute Gasteiger partial charge is 0.302 e. The summed E-state index contributed by atoms with van der Waals surface area (Å²) in [5.74, 6) is -0.539. The summed E-state index contributed by atoms with van der Waals surface area (Å²) < 4.78 is 14.7. The molecule has 0 saturated heterocycles. The monoisotopic (exact) mass is 480 g/mol. The number of ether oxygens (including phenoxy) is 2. The lowest BCUT2D eigenvalue weighted by molar-refractivity contribution is -0.141. The van der Waals surface area contributed by atoms with E-state index in [1.54, 1.807) is 0 Å². The highest BCUT2D eigenvalue weighted by Crippen LogP contribution is 2.34. The van der Waals surface area contributed by atoms with Crippen LogP contribution in [0.2, 0.25) is 0 Å². The molecule has 0 fully saturated rings. The summed E-state index contributed by atoms with van der Waals surface area (Å²) >= 11 is 0. The highest BCUT2D eigenvalue weighted by molar-refractivity contribution is 5.81. The van der Waals surface area contributed by atoms with Crippen molar-refractivity contribution in [3.8, 4) is 22.3 Å².